The summed E-state index contributed by atoms with van der Waals surface area (Å²) in [5.41, 5.74) is -1.36. The van der Waals surface area contributed by atoms with Crippen molar-refractivity contribution in [3.63, 3.8) is 0 Å². The van der Waals surface area contributed by atoms with Gasteiger partial charge in [-0.05, 0) is 25.1 Å². The molecule has 1 aromatic rings. The van der Waals surface area contributed by atoms with Crippen LogP contribution in [0.5, 0.6) is 0 Å². The smallest absolute Gasteiger partial charge is 0.235 e. The fraction of sp³-hybridized carbons (Fsp3) is 0.579. The molecule has 27 heavy (non-hydrogen) atoms. The summed E-state index contributed by atoms with van der Waals surface area (Å²) in [6, 6.07) is 6.51. The molecule has 0 radical (unpaired) electrons. The lowest BCUT2D eigenvalue weighted by Gasteiger charge is -2.44. The second-order valence-electron chi connectivity index (χ2n) is 7.94. The van der Waals surface area contributed by atoms with E-state index in [1.807, 2.05) is 6.07 Å². The van der Waals surface area contributed by atoms with Gasteiger partial charge in [0.15, 0.2) is 0 Å². The number of alkyl halides is 1. The number of hydrogen-bond acceptors (Lipinski definition) is 6. The zero-order valence-electron chi connectivity index (χ0n) is 14.6. The summed E-state index contributed by atoms with van der Waals surface area (Å²) in [5.74, 6) is -1.37. The van der Waals surface area contributed by atoms with Gasteiger partial charge in [0.1, 0.15) is 36.3 Å². The van der Waals surface area contributed by atoms with Crippen molar-refractivity contribution >= 4 is 11.6 Å². The van der Waals surface area contributed by atoms with Gasteiger partial charge in [0.2, 0.25) is 5.91 Å². The van der Waals surface area contributed by atoms with Crippen LogP contribution in [0, 0.1) is 23.2 Å². The first-order valence-electron chi connectivity index (χ1n) is 8.99. The maximum absolute atomic E-state index is 13.3. The van der Waals surface area contributed by atoms with E-state index in [1.54, 1.807) is 13.0 Å². The Kier molecular flexibility index (Phi) is 3.33. The molecule has 2 N–H and O–H groups in total. The van der Waals surface area contributed by atoms with Gasteiger partial charge >= 0.3 is 0 Å². The molecule has 4 saturated heterocycles. The summed E-state index contributed by atoms with van der Waals surface area (Å²) in [6.45, 7) is 1.10. The average molecular weight is 374 g/mol. The van der Waals surface area contributed by atoms with Crippen molar-refractivity contribution < 1.29 is 28.9 Å². The van der Waals surface area contributed by atoms with E-state index < -0.39 is 48.1 Å². The third-order valence-corrected chi connectivity index (χ3v) is 6.82. The molecular formula is C19H19FN2O5. The molecule has 1 aromatic carbocycles. The largest absolute Gasteiger partial charge is 0.387 e. The number of ether oxygens (including phenoxy) is 2. The number of aliphatic hydroxyl groups is 2. The number of rotatable bonds is 2. The molecule has 7 nitrogen and oxygen atoms in total. The normalized spacial score (nSPS) is 44.5. The van der Waals surface area contributed by atoms with Gasteiger partial charge in [-0.1, -0.05) is 0 Å². The van der Waals surface area contributed by atoms with E-state index >= 15 is 0 Å². The summed E-state index contributed by atoms with van der Waals surface area (Å²) in [4.78, 5) is 14.8. The number of halogens is 1. The molecule has 1 spiro atoms. The molecule has 8 heteroatoms. The molecule has 4 aliphatic rings. The predicted octanol–water partition coefficient (Wildman–Crippen LogP) is 0.616. The molecule has 0 unspecified atom stereocenters. The minimum absolute atomic E-state index is 0.205. The first kappa shape index (κ1) is 17.1. The third kappa shape index (κ3) is 1.81. The van der Waals surface area contributed by atoms with Crippen LogP contribution < -0.4 is 4.90 Å². The Morgan fingerprint density at radius 1 is 1.41 bits per heavy atom. The van der Waals surface area contributed by atoms with Crippen LogP contribution in [0.2, 0.25) is 0 Å². The van der Waals surface area contributed by atoms with E-state index in [0.29, 0.717) is 12.1 Å². The predicted molar refractivity (Wildman–Crippen MR) is 89.0 cm³/mol. The Morgan fingerprint density at radius 2 is 2.19 bits per heavy atom. The number of amides is 1. The second-order valence-corrected chi connectivity index (χ2v) is 7.94. The summed E-state index contributed by atoms with van der Waals surface area (Å²) in [6.07, 6.45) is -2.53. The molecule has 142 valence electrons. The van der Waals surface area contributed by atoms with Crippen molar-refractivity contribution in [2.45, 2.75) is 49.7 Å². The molecule has 4 fully saturated rings. The fourth-order valence-corrected chi connectivity index (χ4v) is 5.61. The summed E-state index contributed by atoms with van der Waals surface area (Å²) in [5, 5.41) is 30.3. The van der Waals surface area contributed by atoms with Crippen LogP contribution in [-0.4, -0.2) is 52.4 Å². The van der Waals surface area contributed by atoms with E-state index in [2.05, 4.69) is 0 Å². The van der Waals surface area contributed by atoms with Gasteiger partial charge in [-0.2, -0.15) is 5.26 Å². The molecule has 0 aromatic heterocycles. The van der Waals surface area contributed by atoms with Gasteiger partial charge in [-0.25, -0.2) is 4.39 Å². The van der Waals surface area contributed by atoms with Gasteiger partial charge in [0.25, 0.3) is 0 Å². The number of carbonyl (C=O) groups is 1. The van der Waals surface area contributed by atoms with E-state index in [4.69, 9.17) is 14.7 Å². The molecule has 2 bridgehead atoms. The minimum Gasteiger partial charge on any atom is -0.387 e. The van der Waals surface area contributed by atoms with Crippen molar-refractivity contribution in [2.24, 2.45) is 11.8 Å². The average Bonchev–Trinajstić information content (AvgIpc) is 3.21. The molecule has 1 amide bonds. The lowest BCUT2D eigenvalue weighted by atomic mass is 9.63. The fourth-order valence-electron chi connectivity index (χ4n) is 5.61. The lowest BCUT2D eigenvalue weighted by Crippen LogP contribution is -2.61. The van der Waals surface area contributed by atoms with Crippen molar-refractivity contribution in [3.8, 4) is 6.07 Å². The van der Waals surface area contributed by atoms with Gasteiger partial charge in [0, 0.05) is 17.7 Å². The van der Waals surface area contributed by atoms with E-state index in [0.717, 1.165) is 0 Å². The van der Waals surface area contributed by atoms with Crippen LogP contribution in [-0.2, 0) is 20.9 Å². The standard InChI is InChI=1S/C19H19FN2O5/c1-18-12-13-17(26-5-4-19(13,27-18)15(24)14(18)23)22(16(12)25)11-3-2-9(8-21)10(6-11)7-20/h2-3,6,12-15,17,23-24H,4-5,7H2,1H3/t12-,13+,14+,15+,17+,18+,19-/m1/s1. The number of hydrogen-bond donors (Lipinski definition) is 2. The molecule has 7 atom stereocenters. The minimum atomic E-state index is -1.20. The zero-order chi connectivity index (χ0) is 19.1. The Morgan fingerprint density at radius 3 is 2.89 bits per heavy atom. The van der Waals surface area contributed by atoms with Gasteiger partial charge in [-0.3, -0.25) is 9.69 Å². The van der Waals surface area contributed by atoms with Crippen molar-refractivity contribution in [1.82, 2.24) is 0 Å². The maximum atomic E-state index is 13.3. The zero-order valence-corrected chi connectivity index (χ0v) is 14.6. The molecule has 4 heterocycles. The van der Waals surface area contributed by atoms with Gasteiger partial charge < -0.3 is 19.7 Å². The van der Waals surface area contributed by atoms with Crippen molar-refractivity contribution in [1.29, 1.82) is 5.26 Å². The van der Waals surface area contributed by atoms with Crippen molar-refractivity contribution in [2.75, 3.05) is 11.5 Å². The number of aliphatic hydroxyl groups excluding tert-OH is 2. The summed E-state index contributed by atoms with van der Waals surface area (Å²) < 4.78 is 25.4. The first-order valence-corrected chi connectivity index (χ1v) is 8.99. The highest BCUT2D eigenvalue weighted by molar-refractivity contribution is 6.00. The quantitative estimate of drug-likeness (QED) is 0.787. The van der Waals surface area contributed by atoms with Gasteiger partial charge in [0.05, 0.1) is 30.1 Å². The van der Waals surface area contributed by atoms with Crippen LogP contribution in [0.1, 0.15) is 24.5 Å². The Labute approximate surface area is 154 Å². The topological polar surface area (TPSA) is 103 Å². The molecule has 0 saturated carbocycles. The number of carbonyl (C=O) groups excluding carboxylic acids is 1. The number of nitrogens with zero attached hydrogens (tertiary/aromatic N) is 2. The van der Waals surface area contributed by atoms with E-state index in [-0.39, 0.29) is 23.6 Å². The second kappa shape index (κ2) is 5.26. The number of nitriles is 1. The molecule has 4 aliphatic heterocycles. The Hall–Kier alpha value is -2.05. The third-order valence-electron chi connectivity index (χ3n) is 6.82. The highest BCUT2D eigenvalue weighted by Crippen LogP contribution is 2.65. The Bertz CT molecular complexity index is 887. The van der Waals surface area contributed by atoms with Crippen LogP contribution in [0.25, 0.3) is 0 Å². The molecule has 0 aliphatic carbocycles. The van der Waals surface area contributed by atoms with E-state index in [1.165, 1.54) is 17.0 Å². The maximum Gasteiger partial charge on any atom is 0.235 e. The van der Waals surface area contributed by atoms with E-state index in [9.17, 15) is 19.4 Å². The van der Waals surface area contributed by atoms with Gasteiger partial charge in [-0.15, -0.1) is 0 Å². The highest BCUT2D eigenvalue weighted by atomic mass is 19.1. The number of fused-ring (bicyclic) bond motifs is 2. The SMILES string of the molecule is C[C@]12O[C@@]3(CCO[C@H]4[C@@H]3[C@@H]1C(=O)N4c1ccc(C#N)c(CF)c1)[C@@H](O)[C@@H]2O. The molecule has 5 rings (SSSR count). The first-order chi connectivity index (χ1) is 12.9. The lowest BCUT2D eigenvalue weighted by molar-refractivity contribution is -0.165. The summed E-state index contributed by atoms with van der Waals surface area (Å²) >= 11 is 0. The number of anilines is 1. The Balaban J connectivity index is 1.63. The number of benzene rings is 1. The molecular weight excluding hydrogens is 355 g/mol. The monoisotopic (exact) mass is 374 g/mol. The van der Waals surface area contributed by atoms with Crippen LogP contribution in [0.15, 0.2) is 18.2 Å². The van der Waals surface area contributed by atoms with Crippen molar-refractivity contribution in [3.05, 3.63) is 29.3 Å². The summed E-state index contributed by atoms with van der Waals surface area (Å²) in [7, 11) is 0. The highest BCUT2D eigenvalue weighted by Gasteiger charge is 2.81. The van der Waals surface area contributed by atoms with Crippen LogP contribution in [0.4, 0.5) is 10.1 Å². The van der Waals surface area contributed by atoms with Crippen LogP contribution >= 0.6 is 0 Å². The van der Waals surface area contributed by atoms with Crippen LogP contribution in [0.3, 0.4) is 0 Å².